The molecule has 0 saturated carbocycles. The molecule has 3 heteroatoms. The Bertz CT molecular complexity index is 359. The molecule has 16 heavy (non-hydrogen) atoms. The van der Waals surface area contributed by atoms with Crippen molar-refractivity contribution in [2.75, 3.05) is 5.75 Å². The molecule has 0 fully saturated rings. The van der Waals surface area contributed by atoms with Crippen molar-refractivity contribution in [3.63, 3.8) is 0 Å². The fourth-order valence-corrected chi connectivity index (χ4v) is 3.15. The smallest absolute Gasteiger partial charge is 0.0595 e. The minimum absolute atomic E-state index is 0.577. The summed E-state index contributed by atoms with van der Waals surface area (Å²) in [5, 5.41) is 0. The van der Waals surface area contributed by atoms with Gasteiger partial charge in [0.15, 0.2) is 0 Å². The Hall–Kier alpha value is -0.410. The van der Waals surface area contributed by atoms with E-state index in [0.29, 0.717) is 5.75 Å². The van der Waals surface area contributed by atoms with Gasteiger partial charge in [-0.3, -0.25) is 4.21 Å². The highest BCUT2D eigenvalue weighted by Crippen LogP contribution is 2.14. The standard InChI is InChI=1S/C13H17BrOS/c1-2-3-5-8-12(14)11-16(15)13-9-6-4-7-10-13/h4,6-10H,2-3,5,11H2,1H3/b12-8-. The third kappa shape index (κ3) is 5.08. The third-order valence-corrected chi connectivity index (χ3v) is 4.54. The summed E-state index contributed by atoms with van der Waals surface area (Å²) in [6.45, 7) is 2.17. The summed E-state index contributed by atoms with van der Waals surface area (Å²) in [5.74, 6) is 0.577. The molecular formula is C13H17BrOS. The number of hydrogen-bond donors (Lipinski definition) is 0. The van der Waals surface area contributed by atoms with Gasteiger partial charge in [-0.25, -0.2) is 0 Å². The van der Waals surface area contributed by atoms with Crippen LogP contribution in [0, 0.1) is 0 Å². The normalized spacial score (nSPS) is 13.8. The number of halogens is 1. The van der Waals surface area contributed by atoms with E-state index < -0.39 is 10.8 Å². The van der Waals surface area contributed by atoms with Crippen LogP contribution in [-0.2, 0) is 10.8 Å². The van der Waals surface area contributed by atoms with E-state index in [0.717, 1.165) is 15.8 Å². The molecule has 0 radical (unpaired) electrons. The van der Waals surface area contributed by atoms with Crippen molar-refractivity contribution < 1.29 is 4.21 Å². The Morgan fingerprint density at radius 1 is 1.38 bits per heavy atom. The molecule has 0 aliphatic heterocycles. The molecule has 0 amide bonds. The predicted molar refractivity (Wildman–Crippen MR) is 74.3 cm³/mol. The zero-order valence-corrected chi connectivity index (χ0v) is 11.9. The van der Waals surface area contributed by atoms with Crippen molar-refractivity contribution in [2.45, 2.75) is 31.1 Å². The van der Waals surface area contributed by atoms with Crippen LogP contribution in [0.2, 0.25) is 0 Å². The number of benzene rings is 1. The lowest BCUT2D eigenvalue weighted by atomic mass is 10.2. The first-order valence-electron chi connectivity index (χ1n) is 5.52. The first-order chi connectivity index (χ1) is 7.74. The Kier molecular flexibility index (Phi) is 6.65. The van der Waals surface area contributed by atoms with Gasteiger partial charge in [0.1, 0.15) is 0 Å². The maximum absolute atomic E-state index is 11.9. The molecule has 0 heterocycles. The molecule has 0 bridgehead atoms. The molecule has 0 N–H and O–H groups in total. The molecule has 1 nitrogen and oxygen atoms in total. The summed E-state index contributed by atoms with van der Waals surface area (Å²) in [7, 11) is -0.934. The first-order valence-corrected chi connectivity index (χ1v) is 7.63. The fourth-order valence-electron chi connectivity index (χ4n) is 1.30. The molecule has 0 aliphatic rings. The van der Waals surface area contributed by atoms with Crippen molar-refractivity contribution in [1.82, 2.24) is 0 Å². The number of hydrogen-bond acceptors (Lipinski definition) is 1. The maximum atomic E-state index is 11.9. The van der Waals surface area contributed by atoms with E-state index in [1.165, 1.54) is 12.8 Å². The molecule has 0 saturated heterocycles. The van der Waals surface area contributed by atoms with Gasteiger partial charge in [0.25, 0.3) is 0 Å². The second kappa shape index (κ2) is 7.80. The summed E-state index contributed by atoms with van der Waals surface area (Å²) in [5.41, 5.74) is 0. The first kappa shape index (κ1) is 13.7. The largest absolute Gasteiger partial charge is 0.254 e. The van der Waals surface area contributed by atoms with E-state index in [4.69, 9.17) is 0 Å². The molecular weight excluding hydrogens is 284 g/mol. The van der Waals surface area contributed by atoms with E-state index in [9.17, 15) is 4.21 Å². The SMILES string of the molecule is CCCC/C=C(\Br)CS(=O)c1ccccc1. The molecule has 1 atom stereocenters. The van der Waals surface area contributed by atoms with Crippen molar-refractivity contribution in [2.24, 2.45) is 0 Å². The van der Waals surface area contributed by atoms with E-state index in [-0.39, 0.29) is 0 Å². The zero-order chi connectivity index (χ0) is 11.8. The van der Waals surface area contributed by atoms with Crippen molar-refractivity contribution in [1.29, 1.82) is 0 Å². The summed E-state index contributed by atoms with van der Waals surface area (Å²) in [6, 6.07) is 9.58. The molecule has 88 valence electrons. The number of rotatable bonds is 6. The monoisotopic (exact) mass is 300 g/mol. The Morgan fingerprint density at radius 2 is 2.06 bits per heavy atom. The molecule has 0 aliphatic carbocycles. The van der Waals surface area contributed by atoms with Crippen molar-refractivity contribution in [3.8, 4) is 0 Å². The highest BCUT2D eigenvalue weighted by atomic mass is 79.9. The van der Waals surface area contributed by atoms with Crippen LogP contribution in [0.15, 0.2) is 45.8 Å². The Labute approximate surface area is 109 Å². The van der Waals surface area contributed by atoms with E-state index in [1.807, 2.05) is 30.3 Å². The van der Waals surface area contributed by atoms with Crippen LogP contribution < -0.4 is 0 Å². The average molecular weight is 301 g/mol. The van der Waals surface area contributed by atoms with Crippen LogP contribution >= 0.6 is 15.9 Å². The molecule has 1 aromatic carbocycles. The summed E-state index contributed by atoms with van der Waals surface area (Å²) in [6.07, 6.45) is 5.57. The number of allylic oxidation sites excluding steroid dienone is 1. The van der Waals surface area contributed by atoms with Gasteiger partial charge in [0.2, 0.25) is 0 Å². The van der Waals surface area contributed by atoms with Crippen LogP contribution in [0.3, 0.4) is 0 Å². The Morgan fingerprint density at radius 3 is 2.69 bits per heavy atom. The quantitative estimate of drug-likeness (QED) is 0.717. The molecule has 1 aromatic rings. The minimum Gasteiger partial charge on any atom is -0.254 e. The fraction of sp³-hybridized carbons (Fsp3) is 0.385. The summed E-state index contributed by atoms with van der Waals surface area (Å²) < 4.78 is 13.0. The van der Waals surface area contributed by atoms with Crippen LogP contribution in [0.25, 0.3) is 0 Å². The molecule has 1 rings (SSSR count). The molecule has 0 spiro atoms. The zero-order valence-electron chi connectivity index (χ0n) is 9.49. The van der Waals surface area contributed by atoms with Crippen LogP contribution in [0.4, 0.5) is 0 Å². The second-order valence-electron chi connectivity index (χ2n) is 3.60. The lowest BCUT2D eigenvalue weighted by Gasteiger charge is -2.01. The second-order valence-corrected chi connectivity index (χ2v) is 6.07. The van der Waals surface area contributed by atoms with Gasteiger partial charge in [-0.2, -0.15) is 0 Å². The lowest BCUT2D eigenvalue weighted by molar-refractivity contribution is 0.685. The van der Waals surface area contributed by atoms with Crippen molar-refractivity contribution in [3.05, 3.63) is 40.9 Å². The van der Waals surface area contributed by atoms with Crippen molar-refractivity contribution >= 4 is 26.7 Å². The highest BCUT2D eigenvalue weighted by molar-refractivity contribution is 9.11. The Balaban J connectivity index is 2.48. The van der Waals surface area contributed by atoms with Gasteiger partial charge in [0.05, 0.1) is 16.6 Å². The number of unbranched alkanes of at least 4 members (excludes halogenated alkanes) is 2. The molecule has 0 aromatic heterocycles. The van der Waals surface area contributed by atoms with E-state index in [2.05, 4.69) is 28.9 Å². The topological polar surface area (TPSA) is 17.1 Å². The average Bonchev–Trinajstić information content (AvgIpc) is 2.30. The van der Waals surface area contributed by atoms with Gasteiger partial charge in [-0.15, -0.1) is 0 Å². The van der Waals surface area contributed by atoms with Gasteiger partial charge in [-0.1, -0.05) is 60.0 Å². The summed E-state index contributed by atoms with van der Waals surface area (Å²) >= 11 is 3.47. The van der Waals surface area contributed by atoms with Crippen LogP contribution in [0.1, 0.15) is 26.2 Å². The van der Waals surface area contributed by atoms with Crippen LogP contribution in [-0.4, -0.2) is 9.96 Å². The van der Waals surface area contributed by atoms with E-state index in [1.54, 1.807) is 0 Å². The third-order valence-electron chi connectivity index (χ3n) is 2.20. The van der Waals surface area contributed by atoms with Gasteiger partial charge < -0.3 is 0 Å². The van der Waals surface area contributed by atoms with E-state index >= 15 is 0 Å². The van der Waals surface area contributed by atoms with Crippen LogP contribution in [0.5, 0.6) is 0 Å². The maximum Gasteiger partial charge on any atom is 0.0595 e. The highest BCUT2D eigenvalue weighted by Gasteiger charge is 2.04. The van der Waals surface area contributed by atoms with Gasteiger partial charge in [0, 0.05) is 9.38 Å². The summed E-state index contributed by atoms with van der Waals surface area (Å²) in [4.78, 5) is 0.892. The van der Waals surface area contributed by atoms with Gasteiger partial charge in [-0.05, 0) is 18.6 Å². The lowest BCUT2D eigenvalue weighted by Crippen LogP contribution is -1.97. The molecule has 1 unspecified atom stereocenters. The minimum atomic E-state index is -0.934. The predicted octanol–water partition coefficient (Wildman–Crippen LogP) is 4.26. The van der Waals surface area contributed by atoms with Gasteiger partial charge >= 0.3 is 0 Å².